The van der Waals surface area contributed by atoms with E-state index in [9.17, 15) is 9.59 Å². The fraction of sp³-hybridized carbons (Fsp3) is 0.857. The molecule has 18 heavy (non-hydrogen) atoms. The highest BCUT2D eigenvalue weighted by molar-refractivity contribution is 5.75. The Morgan fingerprint density at radius 2 is 1.44 bits per heavy atom. The van der Waals surface area contributed by atoms with Crippen molar-refractivity contribution in [1.82, 2.24) is 0 Å². The maximum atomic E-state index is 11.8. The van der Waals surface area contributed by atoms with E-state index in [1.165, 1.54) is 0 Å². The van der Waals surface area contributed by atoms with E-state index >= 15 is 0 Å². The van der Waals surface area contributed by atoms with Crippen LogP contribution in [0.2, 0.25) is 0 Å². The van der Waals surface area contributed by atoms with E-state index in [2.05, 4.69) is 0 Å². The first-order valence-electron chi connectivity index (χ1n) is 6.87. The molecule has 0 radical (unpaired) electrons. The Hall–Kier alpha value is -1.06. The summed E-state index contributed by atoms with van der Waals surface area (Å²) in [5, 5.41) is 0. The van der Waals surface area contributed by atoms with Gasteiger partial charge < -0.3 is 9.47 Å². The lowest BCUT2D eigenvalue weighted by Gasteiger charge is -2.26. The molecule has 0 atom stereocenters. The fourth-order valence-electron chi connectivity index (χ4n) is 2.19. The largest absolute Gasteiger partial charge is 0.466 e. The van der Waals surface area contributed by atoms with Gasteiger partial charge in [-0.15, -0.1) is 0 Å². The molecule has 1 saturated carbocycles. The van der Waals surface area contributed by atoms with Gasteiger partial charge >= 0.3 is 11.9 Å². The van der Waals surface area contributed by atoms with Crippen molar-refractivity contribution in [2.75, 3.05) is 13.2 Å². The Morgan fingerprint density at radius 1 is 1.00 bits per heavy atom. The molecule has 0 heterocycles. The Kier molecular flexibility index (Phi) is 6.16. The molecule has 1 rings (SSSR count). The van der Waals surface area contributed by atoms with Crippen LogP contribution in [0.5, 0.6) is 0 Å². The summed E-state index contributed by atoms with van der Waals surface area (Å²) in [5.74, 6) is 0.0795. The first kappa shape index (κ1) is 15.0. The minimum atomic E-state index is -0.119. The number of carbonyl (C=O) groups excluding carboxylic acids is 2. The summed E-state index contributed by atoms with van der Waals surface area (Å²) in [6, 6.07) is 0. The molecule has 4 heteroatoms. The van der Waals surface area contributed by atoms with E-state index in [0.29, 0.717) is 19.1 Å². The predicted octanol–water partition coefficient (Wildman–Crippen LogP) is 2.56. The zero-order chi connectivity index (χ0) is 13.5. The molecule has 4 nitrogen and oxygen atoms in total. The van der Waals surface area contributed by atoms with E-state index in [1.54, 1.807) is 0 Å². The quantitative estimate of drug-likeness (QED) is 0.709. The van der Waals surface area contributed by atoms with Crippen molar-refractivity contribution in [1.29, 1.82) is 0 Å². The third-order valence-corrected chi connectivity index (χ3v) is 3.24. The molecule has 0 amide bonds. The summed E-state index contributed by atoms with van der Waals surface area (Å²) in [5.41, 5.74) is 0. The molecule has 1 fully saturated rings. The predicted molar refractivity (Wildman–Crippen MR) is 67.9 cm³/mol. The highest BCUT2D eigenvalue weighted by atomic mass is 16.5. The number of hydrogen-bond donors (Lipinski definition) is 0. The Balaban J connectivity index is 2.30. The van der Waals surface area contributed by atoms with Gasteiger partial charge in [0.05, 0.1) is 25.0 Å². The van der Waals surface area contributed by atoms with Gasteiger partial charge in [-0.3, -0.25) is 9.59 Å². The molecule has 0 unspecified atom stereocenters. The van der Waals surface area contributed by atoms with Gasteiger partial charge in [0.1, 0.15) is 0 Å². The van der Waals surface area contributed by atoms with E-state index < -0.39 is 0 Å². The van der Waals surface area contributed by atoms with Crippen molar-refractivity contribution < 1.29 is 19.1 Å². The van der Waals surface area contributed by atoms with Gasteiger partial charge in [0, 0.05) is 0 Å². The Bertz CT molecular complexity index is 278. The van der Waals surface area contributed by atoms with Crippen LogP contribution in [0.15, 0.2) is 0 Å². The lowest BCUT2D eigenvalue weighted by Crippen LogP contribution is -2.28. The number of ether oxygens (including phenoxy) is 2. The smallest absolute Gasteiger partial charge is 0.308 e. The molecule has 0 saturated heterocycles. The van der Waals surface area contributed by atoms with E-state index in [-0.39, 0.29) is 23.8 Å². The first-order chi connectivity index (χ1) is 8.54. The molecule has 104 valence electrons. The topological polar surface area (TPSA) is 52.6 Å². The minimum Gasteiger partial charge on any atom is -0.466 e. The number of esters is 2. The van der Waals surface area contributed by atoms with Crippen LogP contribution in [0.3, 0.4) is 0 Å². The van der Waals surface area contributed by atoms with Crippen LogP contribution < -0.4 is 0 Å². The first-order valence-corrected chi connectivity index (χ1v) is 6.87. The van der Waals surface area contributed by atoms with Crippen molar-refractivity contribution in [2.24, 2.45) is 17.8 Å². The van der Waals surface area contributed by atoms with E-state index in [0.717, 1.165) is 25.7 Å². The number of rotatable bonds is 5. The zero-order valence-electron chi connectivity index (χ0n) is 11.6. The Morgan fingerprint density at radius 3 is 1.83 bits per heavy atom. The summed E-state index contributed by atoms with van der Waals surface area (Å²) in [6.07, 6.45) is 2.95. The summed E-state index contributed by atoms with van der Waals surface area (Å²) in [7, 11) is 0. The van der Waals surface area contributed by atoms with Crippen LogP contribution in [-0.2, 0) is 19.1 Å². The second-order valence-corrected chi connectivity index (χ2v) is 5.32. The molecule has 0 spiro atoms. The standard InChI is InChI=1S/C14H24O4/c1-4-17-13(15)11-5-7-12(8-6-11)14(16)18-9-10(2)3/h10-12H,4-9H2,1-3H3. The molecule has 0 aromatic heterocycles. The van der Waals surface area contributed by atoms with Crippen molar-refractivity contribution >= 4 is 11.9 Å². The molecular formula is C14H24O4. The highest BCUT2D eigenvalue weighted by Gasteiger charge is 2.31. The Labute approximate surface area is 109 Å². The van der Waals surface area contributed by atoms with Crippen LogP contribution in [0, 0.1) is 17.8 Å². The van der Waals surface area contributed by atoms with Gasteiger partial charge in [0.15, 0.2) is 0 Å². The monoisotopic (exact) mass is 256 g/mol. The van der Waals surface area contributed by atoms with Crippen LogP contribution in [0.4, 0.5) is 0 Å². The van der Waals surface area contributed by atoms with Crippen molar-refractivity contribution in [2.45, 2.75) is 46.5 Å². The third kappa shape index (κ3) is 4.67. The summed E-state index contributed by atoms with van der Waals surface area (Å²) < 4.78 is 10.2. The van der Waals surface area contributed by atoms with Gasteiger partial charge in [-0.1, -0.05) is 13.8 Å². The molecule has 0 aliphatic heterocycles. The van der Waals surface area contributed by atoms with Gasteiger partial charge in [-0.05, 0) is 38.5 Å². The number of hydrogen-bond acceptors (Lipinski definition) is 4. The normalized spacial score (nSPS) is 23.8. The van der Waals surface area contributed by atoms with Gasteiger partial charge in [-0.25, -0.2) is 0 Å². The molecule has 1 aliphatic rings. The lowest BCUT2D eigenvalue weighted by atomic mass is 9.82. The van der Waals surface area contributed by atoms with Crippen molar-refractivity contribution in [3.63, 3.8) is 0 Å². The maximum Gasteiger partial charge on any atom is 0.308 e. The van der Waals surface area contributed by atoms with Crippen molar-refractivity contribution in [3.05, 3.63) is 0 Å². The lowest BCUT2D eigenvalue weighted by molar-refractivity contribution is -0.155. The molecule has 0 aromatic carbocycles. The fourth-order valence-corrected chi connectivity index (χ4v) is 2.19. The second kappa shape index (κ2) is 7.39. The van der Waals surface area contributed by atoms with Crippen LogP contribution in [0.25, 0.3) is 0 Å². The van der Waals surface area contributed by atoms with Crippen molar-refractivity contribution in [3.8, 4) is 0 Å². The van der Waals surface area contributed by atoms with E-state index in [4.69, 9.17) is 9.47 Å². The van der Waals surface area contributed by atoms with Gasteiger partial charge in [0.25, 0.3) is 0 Å². The zero-order valence-corrected chi connectivity index (χ0v) is 11.6. The second-order valence-electron chi connectivity index (χ2n) is 5.32. The SMILES string of the molecule is CCOC(=O)C1CCC(C(=O)OCC(C)C)CC1. The maximum absolute atomic E-state index is 11.8. The number of carbonyl (C=O) groups is 2. The summed E-state index contributed by atoms with van der Waals surface area (Å²) in [6.45, 7) is 6.76. The van der Waals surface area contributed by atoms with Crippen LogP contribution >= 0.6 is 0 Å². The molecular weight excluding hydrogens is 232 g/mol. The van der Waals surface area contributed by atoms with Crippen LogP contribution in [0.1, 0.15) is 46.5 Å². The average Bonchev–Trinajstić information content (AvgIpc) is 2.36. The molecule has 1 aliphatic carbocycles. The highest BCUT2D eigenvalue weighted by Crippen LogP contribution is 2.30. The summed E-state index contributed by atoms with van der Waals surface area (Å²) >= 11 is 0. The third-order valence-electron chi connectivity index (χ3n) is 3.24. The van der Waals surface area contributed by atoms with Crippen LogP contribution in [-0.4, -0.2) is 25.2 Å². The minimum absolute atomic E-state index is 0.0286. The van der Waals surface area contributed by atoms with E-state index in [1.807, 2.05) is 20.8 Å². The van der Waals surface area contributed by atoms with Gasteiger partial charge in [-0.2, -0.15) is 0 Å². The summed E-state index contributed by atoms with van der Waals surface area (Å²) in [4.78, 5) is 23.3. The average molecular weight is 256 g/mol. The molecule has 0 aromatic rings. The molecule has 0 bridgehead atoms. The van der Waals surface area contributed by atoms with Gasteiger partial charge in [0.2, 0.25) is 0 Å². The molecule has 0 N–H and O–H groups in total.